The highest BCUT2D eigenvalue weighted by atomic mass is 16.5. The van der Waals surface area contributed by atoms with Gasteiger partial charge in [0.1, 0.15) is 11.5 Å². The summed E-state index contributed by atoms with van der Waals surface area (Å²) < 4.78 is 11.2. The Morgan fingerprint density at radius 1 is 0.545 bits per heavy atom. The summed E-state index contributed by atoms with van der Waals surface area (Å²) in [5.41, 5.74) is 10.9. The summed E-state index contributed by atoms with van der Waals surface area (Å²) >= 11 is 0. The number of rotatable bonds is 3. The molecule has 0 saturated heterocycles. The van der Waals surface area contributed by atoms with Gasteiger partial charge < -0.3 is 15.2 Å². The maximum absolute atomic E-state index is 12.9. The minimum Gasteiger partial charge on any atom is -0.422 e. The lowest BCUT2D eigenvalue weighted by molar-refractivity contribution is -0.128. The first-order valence-electron chi connectivity index (χ1n) is 10.5. The molecule has 0 spiro atoms. The molecule has 158 valence electrons. The van der Waals surface area contributed by atoms with Crippen LogP contribution in [0, 0.1) is 0 Å². The van der Waals surface area contributed by atoms with Gasteiger partial charge in [-0.05, 0) is 41.0 Å². The van der Waals surface area contributed by atoms with E-state index in [1.807, 2.05) is 66.7 Å². The van der Waals surface area contributed by atoms with Crippen LogP contribution in [0.4, 0.5) is 5.69 Å². The van der Waals surface area contributed by atoms with Crippen molar-refractivity contribution in [2.75, 3.05) is 5.73 Å². The van der Waals surface area contributed by atoms with Gasteiger partial charge >= 0.3 is 11.9 Å². The number of benzene rings is 4. The van der Waals surface area contributed by atoms with E-state index in [0.717, 1.165) is 16.7 Å². The third-order valence-corrected chi connectivity index (χ3v) is 5.92. The van der Waals surface area contributed by atoms with Crippen molar-refractivity contribution in [3.63, 3.8) is 0 Å². The van der Waals surface area contributed by atoms with E-state index in [-0.39, 0.29) is 0 Å². The van der Waals surface area contributed by atoms with Crippen LogP contribution in [-0.2, 0) is 9.59 Å². The highest BCUT2D eigenvalue weighted by molar-refractivity contribution is 6.21. The van der Waals surface area contributed by atoms with Crippen molar-refractivity contribution in [3.05, 3.63) is 113 Å². The molecule has 2 aliphatic rings. The summed E-state index contributed by atoms with van der Waals surface area (Å²) in [6, 6.07) is 27.9. The molecule has 4 aromatic carbocycles. The Balaban J connectivity index is 1.57. The van der Waals surface area contributed by atoms with Crippen LogP contribution in [0.15, 0.2) is 91.0 Å². The minimum atomic E-state index is -0.454. The number of nitrogen functional groups attached to an aromatic ring is 1. The lowest BCUT2D eigenvalue weighted by Gasteiger charge is -2.09. The fraction of sp³-hybridized carbons (Fsp3) is 0. The van der Waals surface area contributed by atoms with E-state index < -0.39 is 11.9 Å². The van der Waals surface area contributed by atoms with Gasteiger partial charge in [-0.2, -0.15) is 0 Å². The normalized spacial score (nSPS) is 14.1. The van der Waals surface area contributed by atoms with Crippen molar-refractivity contribution in [1.82, 2.24) is 0 Å². The topological polar surface area (TPSA) is 78.6 Å². The summed E-state index contributed by atoms with van der Waals surface area (Å²) in [7, 11) is 0. The molecule has 0 unspecified atom stereocenters. The Kier molecular flexibility index (Phi) is 4.17. The van der Waals surface area contributed by atoms with Gasteiger partial charge in [0.25, 0.3) is 0 Å². The first-order valence-corrected chi connectivity index (χ1v) is 10.5. The molecule has 5 nitrogen and oxygen atoms in total. The van der Waals surface area contributed by atoms with Crippen LogP contribution in [0.2, 0.25) is 0 Å². The van der Waals surface area contributed by atoms with Crippen LogP contribution < -0.4 is 25.6 Å². The van der Waals surface area contributed by atoms with E-state index in [4.69, 9.17) is 15.2 Å². The number of anilines is 1. The molecule has 0 aromatic heterocycles. The number of carbonyl (C=O) groups is 2. The van der Waals surface area contributed by atoms with Gasteiger partial charge in [0.05, 0.1) is 11.1 Å². The van der Waals surface area contributed by atoms with E-state index in [1.54, 1.807) is 24.3 Å². The van der Waals surface area contributed by atoms with Crippen molar-refractivity contribution >= 4 is 28.8 Å². The summed E-state index contributed by atoms with van der Waals surface area (Å²) in [4.78, 5) is 25.5. The largest absolute Gasteiger partial charge is 0.422 e. The van der Waals surface area contributed by atoms with Crippen molar-refractivity contribution in [3.8, 4) is 22.6 Å². The van der Waals surface area contributed by atoms with E-state index >= 15 is 0 Å². The average molecular weight is 431 g/mol. The van der Waals surface area contributed by atoms with Crippen LogP contribution in [0.5, 0.6) is 11.5 Å². The number of hydrogen-bond acceptors (Lipinski definition) is 5. The Bertz CT molecular complexity index is 1590. The molecule has 0 aliphatic carbocycles. The van der Waals surface area contributed by atoms with E-state index in [1.165, 1.54) is 0 Å². The van der Waals surface area contributed by atoms with Gasteiger partial charge in [-0.25, -0.2) is 9.59 Å². The van der Waals surface area contributed by atoms with E-state index in [9.17, 15) is 9.59 Å². The molecule has 2 N–H and O–H groups in total. The lowest BCUT2D eigenvalue weighted by Crippen LogP contribution is -2.11. The highest BCUT2D eigenvalue weighted by Gasteiger charge is 2.30. The van der Waals surface area contributed by atoms with Crippen LogP contribution in [-0.4, -0.2) is 11.9 Å². The predicted octanol–water partition coefficient (Wildman–Crippen LogP) is 3.17. The lowest BCUT2D eigenvalue weighted by atomic mass is 9.96. The van der Waals surface area contributed by atoms with Crippen molar-refractivity contribution in [1.29, 1.82) is 0 Å². The van der Waals surface area contributed by atoms with Gasteiger partial charge in [-0.1, -0.05) is 66.7 Å². The van der Waals surface area contributed by atoms with Crippen LogP contribution in [0.1, 0.15) is 11.1 Å². The summed E-state index contributed by atoms with van der Waals surface area (Å²) in [5, 5.41) is 1.20. The fourth-order valence-corrected chi connectivity index (χ4v) is 4.37. The van der Waals surface area contributed by atoms with Crippen molar-refractivity contribution in [2.24, 2.45) is 0 Å². The molecular formula is C28H17NO4. The van der Waals surface area contributed by atoms with Gasteiger partial charge in [0.2, 0.25) is 0 Å². The standard InChI is InChI=1S/C28H17NO4/c29-22-12-11-18(13-19(22)16-7-3-1-4-8-16)26-21-15-23-20(14-24(21)33-28(26)31)25(27(30)32-23)17-9-5-2-6-10-17/h1-15H,29H2. The van der Waals surface area contributed by atoms with Gasteiger partial charge in [-0.3, -0.25) is 0 Å². The molecule has 0 atom stereocenters. The number of ether oxygens (including phenoxy) is 2. The maximum Gasteiger partial charge on any atom is 0.344 e. The molecular weight excluding hydrogens is 414 g/mol. The average Bonchev–Trinajstić information content (AvgIpc) is 3.33. The highest BCUT2D eigenvalue weighted by Crippen LogP contribution is 2.32. The Morgan fingerprint density at radius 3 is 1.64 bits per heavy atom. The van der Waals surface area contributed by atoms with Crippen LogP contribution in [0.25, 0.3) is 22.3 Å². The molecule has 0 radical (unpaired) electrons. The fourth-order valence-electron chi connectivity index (χ4n) is 4.37. The van der Waals surface area contributed by atoms with Crippen molar-refractivity contribution < 1.29 is 19.1 Å². The SMILES string of the molecule is Nc1ccc(C2=c3cc4c(cc3OC2=O)=C(c2ccccc2)C(=O)O4)cc1-c1ccccc1. The molecule has 6 rings (SSSR count). The summed E-state index contributed by atoms with van der Waals surface area (Å²) in [5.74, 6) is -0.0673. The zero-order valence-corrected chi connectivity index (χ0v) is 17.4. The molecule has 0 fully saturated rings. The number of carbonyl (C=O) groups excluding carboxylic acids is 2. The second kappa shape index (κ2) is 7.21. The second-order valence-corrected chi connectivity index (χ2v) is 7.91. The van der Waals surface area contributed by atoms with Crippen LogP contribution in [0.3, 0.4) is 0 Å². The summed E-state index contributed by atoms with van der Waals surface area (Å²) in [6.45, 7) is 0. The smallest absolute Gasteiger partial charge is 0.344 e. The Morgan fingerprint density at radius 2 is 1.06 bits per heavy atom. The Hall–Kier alpha value is -4.64. The maximum atomic E-state index is 12.9. The third kappa shape index (κ3) is 3.02. The summed E-state index contributed by atoms with van der Waals surface area (Å²) in [6.07, 6.45) is 0. The zero-order valence-electron chi connectivity index (χ0n) is 17.4. The molecule has 33 heavy (non-hydrogen) atoms. The second-order valence-electron chi connectivity index (χ2n) is 7.91. The first-order chi connectivity index (χ1) is 16.1. The number of esters is 2. The molecule has 0 bridgehead atoms. The number of nitrogens with two attached hydrogens (primary N) is 1. The van der Waals surface area contributed by atoms with Gasteiger partial charge in [-0.15, -0.1) is 0 Å². The number of fused-ring (bicyclic) bond motifs is 2. The molecule has 2 heterocycles. The molecule has 2 aliphatic heterocycles. The molecule has 0 saturated carbocycles. The first kappa shape index (κ1) is 19.1. The monoisotopic (exact) mass is 431 g/mol. The quantitative estimate of drug-likeness (QED) is 0.306. The van der Waals surface area contributed by atoms with Crippen LogP contribution >= 0.6 is 0 Å². The van der Waals surface area contributed by atoms with Crippen molar-refractivity contribution in [2.45, 2.75) is 0 Å². The van der Waals surface area contributed by atoms with E-state index in [2.05, 4.69) is 0 Å². The molecule has 4 aromatic rings. The minimum absolute atomic E-state index is 0.401. The Labute approximate surface area is 189 Å². The van der Waals surface area contributed by atoms with E-state index in [0.29, 0.717) is 44.3 Å². The zero-order chi connectivity index (χ0) is 22.5. The molecule has 0 amide bonds. The third-order valence-electron chi connectivity index (χ3n) is 5.92. The predicted molar refractivity (Wildman–Crippen MR) is 125 cm³/mol. The van der Waals surface area contributed by atoms with Gasteiger partial charge in [0, 0.05) is 21.7 Å². The van der Waals surface area contributed by atoms with Gasteiger partial charge in [0.15, 0.2) is 0 Å². The number of hydrogen-bond donors (Lipinski definition) is 1. The molecule has 5 heteroatoms.